The summed E-state index contributed by atoms with van der Waals surface area (Å²) in [5, 5.41) is 23.9. The van der Waals surface area contributed by atoms with Crippen LogP contribution in [0.15, 0.2) is 36.4 Å². The minimum Gasteiger partial charge on any atom is -0.479 e. The molecule has 0 saturated carbocycles. The first-order valence-electron chi connectivity index (χ1n) is 11.3. The number of benzene rings is 2. The van der Waals surface area contributed by atoms with Crippen LogP contribution in [0.2, 0.25) is 5.02 Å². The average molecular weight is 523 g/mol. The van der Waals surface area contributed by atoms with Gasteiger partial charge in [-0.1, -0.05) is 11.6 Å². The molecule has 2 aromatic carbocycles. The van der Waals surface area contributed by atoms with Gasteiger partial charge < -0.3 is 33.7 Å². The maximum absolute atomic E-state index is 12.3. The molecule has 194 valence electrons. The number of aliphatic hydroxyl groups is 1. The van der Waals surface area contributed by atoms with Crippen molar-refractivity contribution in [2.45, 2.75) is 50.5 Å². The number of carbonyl (C=O) groups excluding carboxylic acids is 1. The van der Waals surface area contributed by atoms with E-state index in [0.29, 0.717) is 16.3 Å². The first-order chi connectivity index (χ1) is 17.1. The smallest absolute Gasteiger partial charge is 0.479 e. The highest BCUT2D eigenvalue weighted by Gasteiger charge is 2.56. The summed E-state index contributed by atoms with van der Waals surface area (Å²) in [6.45, 7) is 3.38. The van der Waals surface area contributed by atoms with E-state index in [0.717, 1.165) is 5.56 Å². The van der Waals surface area contributed by atoms with E-state index < -0.39 is 41.3 Å². The van der Waals surface area contributed by atoms with Gasteiger partial charge in [0.1, 0.15) is 11.9 Å². The number of hydrogen-bond acceptors (Lipinski definition) is 10. The van der Waals surface area contributed by atoms with Gasteiger partial charge in [0, 0.05) is 49.0 Å². The van der Waals surface area contributed by atoms with E-state index in [9.17, 15) is 20.0 Å². The summed E-state index contributed by atoms with van der Waals surface area (Å²) >= 11 is 6.22. The predicted molar refractivity (Wildman–Crippen MR) is 128 cm³/mol. The van der Waals surface area contributed by atoms with E-state index in [2.05, 4.69) is 0 Å². The van der Waals surface area contributed by atoms with Crippen LogP contribution in [0.25, 0.3) is 0 Å². The summed E-state index contributed by atoms with van der Waals surface area (Å²) in [7, 11) is 2.82. The second kappa shape index (κ2) is 10.1. The normalized spacial score (nSPS) is 24.6. The molecule has 0 fully saturated rings. The van der Waals surface area contributed by atoms with E-state index >= 15 is 0 Å². The van der Waals surface area contributed by atoms with E-state index in [1.165, 1.54) is 32.4 Å². The lowest BCUT2D eigenvalue weighted by atomic mass is 9.83. The summed E-state index contributed by atoms with van der Waals surface area (Å²) in [5.74, 6) is 0.287. The fourth-order valence-electron chi connectivity index (χ4n) is 4.91. The Morgan fingerprint density at radius 3 is 2.67 bits per heavy atom. The molecule has 1 N–H and O–H groups in total. The minimum absolute atomic E-state index is 0.112. The summed E-state index contributed by atoms with van der Waals surface area (Å²) in [6, 6.07) is 8.31. The number of ether oxygens (including phenoxy) is 5. The standard InChI is InChI=1S/C24H27ClN2O9/c1-5-34-23(29)35-19-11-13-10-14(25)6-8-17(13)26(19)20-16-12-15(27(30)31)7-9-18(16)36-24(2,21(20)28)22(32-3)33-4/h6-10,12,19-22,28H,5,11H2,1-4H3/t19-,20+,21-,24+/m0/s1. The highest BCUT2D eigenvalue weighted by Crippen LogP contribution is 2.50. The lowest BCUT2D eigenvalue weighted by Crippen LogP contribution is -2.63. The number of methoxy groups -OCH3 is 2. The molecule has 4 atom stereocenters. The van der Waals surface area contributed by atoms with Gasteiger partial charge in [-0.25, -0.2) is 4.79 Å². The van der Waals surface area contributed by atoms with Gasteiger partial charge >= 0.3 is 6.16 Å². The number of rotatable bonds is 7. The van der Waals surface area contributed by atoms with Gasteiger partial charge in [-0.15, -0.1) is 0 Å². The van der Waals surface area contributed by atoms with Crippen molar-refractivity contribution in [3.8, 4) is 5.75 Å². The third-order valence-corrected chi connectivity index (χ3v) is 6.69. The van der Waals surface area contributed by atoms with Crippen molar-refractivity contribution in [1.82, 2.24) is 0 Å². The van der Waals surface area contributed by atoms with Gasteiger partial charge in [-0.2, -0.15) is 0 Å². The molecular formula is C24H27ClN2O9. The van der Waals surface area contributed by atoms with Gasteiger partial charge in [-0.05, 0) is 43.7 Å². The quantitative estimate of drug-likeness (QED) is 0.246. The van der Waals surface area contributed by atoms with Crippen molar-refractivity contribution in [2.24, 2.45) is 0 Å². The van der Waals surface area contributed by atoms with Gasteiger partial charge in [0.15, 0.2) is 18.1 Å². The summed E-state index contributed by atoms with van der Waals surface area (Å²) in [6.07, 6.45) is -3.91. The average Bonchev–Trinajstić information content (AvgIpc) is 3.16. The van der Waals surface area contributed by atoms with E-state index in [4.69, 9.17) is 35.3 Å². The van der Waals surface area contributed by atoms with Crippen LogP contribution in [0.4, 0.5) is 16.2 Å². The van der Waals surface area contributed by atoms with E-state index in [1.54, 1.807) is 36.9 Å². The molecule has 0 bridgehead atoms. The van der Waals surface area contributed by atoms with Gasteiger partial charge in [0.25, 0.3) is 5.69 Å². The fourth-order valence-corrected chi connectivity index (χ4v) is 5.10. The van der Waals surface area contributed by atoms with Crippen LogP contribution in [-0.2, 0) is 25.4 Å². The minimum atomic E-state index is -1.44. The number of carbonyl (C=O) groups is 1. The van der Waals surface area contributed by atoms with Crippen molar-refractivity contribution < 1.29 is 38.5 Å². The predicted octanol–water partition coefficient (Wildman–Crippen LogP) is 3.98. The Bertz CT molecular complexity index is 1160. The Morgan fingerprint density at radius 1 is 1.31 bits per heavy atom. The molecule has 2 aromatic rings. The lowest BCUT2D eigenvalue weighted by molar-refractivity contribution is -0.385. The molecule has 0 unspecified atom stereocenters. The highest BCUT2D eigenvalue weighted by atomic mass is 35.5. The molecule has 0 aromatic heterocycles. The topological polar surface area (TPSA) is 130 Å². The van der Waals surface area contributed by atoms with Crippen molar-refractivity contribution in [1.29, 1.82) is 0 Å². The second-order valence-corrected chi connectivity index (χ2v) is 9.03. The number of nitro groups is 1. The van der Waals surface area contributed by atoms with Gasteiger partial charge in [-0.3, -0.25) is 10.1 Å². The number of aliphatic hydroxyl groups excluding tert-OH is 1. The van der Waals surface area contributed by atoms with Gasteiger partial charge in [0.2, 0.25) is 0 Å². The molecule has 12 heteroatoms. The van der Waals surface area contributed by atoms with Crippen molar-refractivity contribution in [3.05, 3.63) is 62.7 Å². The third-order valence-electron chi connectivity index (χ3n) is 6.45. The Labute approximate surface area is 212 Å². The number of nitrogens with zero attached hydrogens (tertiary/aromatic N) is 2. The van der Waals surface area contributed by atoms with Crippen LogP contribution in [-0.4, -0.2) is 61.2 Å². The van der Waals surface area contributed by atoms with Crippen LogP contribution in [0.5, 0.6) is 5.75 Å². The number of hydrogen-bond donors (Lipinski definition) is 1. The Morgan fingerprint density at radius 2 is 2.03 bits per heavy atom. The number of halogens is 1. The third kappa shape index (κ3) is 4.43. The molecule has 11 nitrogen and oxygen atoms in total. The molecule has 2 heterocycles. The molecule has 4 rings (SSSR count). The molecular weight excluding hydrogens is 496 g/mol. The van der Waals surface area contributed by atoms with Crippen LogP contribution in [0, 0.1) is 10.1 Å². The molecule has 0 saturated heterocycles. The second-order valence-electron chi connectivity index (χ2n) is 8.60. The molecule has 0 aliphatic carbocycles. The van der Waals surface area contributed by atoms with Crippen LogP contribution in [0.1, 0.15) is 31.0 Å². The monoisotopic (exact) mass is 522 g/mol. The number of non-ortho nitro benzene ring substituents is 1. The maximum atomic E-state index is 12.3. The zero-order valence-electron chi connectivity index (χ0n) is 20.2. The highest BCUT2D eigenvalue weighted by molar-refractivity contribution is 6.30. The van der Waals surface area contributed by atoms with Crippen LogP contribution < -0.4 is 9.64 Å². The summed E-state index contributed by atoms with van der Waals surface area (Å²) < 4.78 is 27.7. The van der Waals surface area contributed by atoms with Crippen molar-refractivity contribution >= 4 is 29.1 Å². The molecule has 0 spiro atoms. The molecule has 36 heavy (non-hydrogen) atoms. The molecule has 0 radical (unpaired) electrons. The Kier molecular flexibility index (Phi) is 7.28. The molecule has 0 amide bonds. The van der Waals surface area contributed by atoms with Crippen LogP contribution in [0.3, 0.4) is 0 Å². The Hall–Kier alpha value is -3.12. The largest absolute Gasteiger partial charge is 0.510 e. The summed E-state index contributed by atoms with van der Waals surface area (Å²) in [5.41, 5.74) is 0.0954. The molecule has 2 aliphatic rings. The van der Waals surface area contributed by atoms with E-state index in [-0.39, 0.29) is 24.5 Å². The zero-order valence-corrected chi connectivity index (χ0v) is 20.9. The van der Waals surface area contributed by atoms with Crippen molar-refractivity contribution in [3.63, 3.8) is 0 Å². The molecule has 2 aliphatic heterocycles. The Balaban J connectivity index is 1.91. The van der Waals surface area contributed by atoms with E-state index in [1.807, 2.05) is 0 Å². The number of fused-ring (bicyclic) bond motifs is 2. The fraction of sp³-hybridized carbons (Fsp3) is 0.458. The van der Waals surface area contributed by atoms with Gasteiger partial charge in [0.05, 0.1) is 17.6 Å². The number of anilines is 1. The van der Waals surface area contributed by atoms with Crippen LogP contribution >= 0.6 is 11.6 Å². The number of nitro benzene ring substituents is 1. The SMILES string of the molecule is CCOC(=O)O[C@H]1Cc2cc(Cl)ccc2N1[C@@H]1c2cc([N+](=O)[O-])ccc2O[C@@](C)(C(OC)OC)[C@H]1O. The lowest BCUT2D eigenvalue weighted by Gasteiger charge is -2.50. The zero-order chi connectivity index (χ0) is 26.2. The van der Waals surface area contributed by atoms with Crippen molar-refractivity contribution in [2.75, 3.05) is 25.7 Å². The summed E-state index contributed by atoms with van der Waals surface area (Å²) in [4.78, 5) is 25.1. The maximum Gasteiger partial charge on any atom is 0.510 e. The first kappa shape index (κ1) is 26.0. The first-order valence-corrected chi connectivity index (χ1v) is 11.6.